The Kier molecular flexibility index (Phi) is 4.60. The summed E-state index contributed by atoms with van der Waals surface area (Å²) in [5.74, 6) is 1.68. The standard InChI is InChI=1S/C20H30N2O2/c1-19(2)13-20(14-21(3)4)15-22(12-17(19)20)18(23)10-11-24-16-8-6-5-7-9-16/h5-9,17H,10-15H2,1-4H3/t17-,20+/m1/s1. The number of rotatable bonds is 6. The lowest BCUT2D eigenvalue weighted by atomic mass is 9.48. The van der Waals surface area contributed by atoms with Gasteiger partial charge < -0.3 is 14.5 Å². The monoisotopic (exact) mass is 330 g/mol. The van der Waals surface area contributed by atoms with Crippen LogP contribution in [0.25, 0.3) is 0 Å². The highest BCUT2D eigenvalue weighted by Gasteiger charge is 2.63. The zero-order valence-electron chi connectivity index (χ0n) is 15.4. The molecule has 2 atom stereocenters. The highest BCUT2D eigenvalue weighted by Crippen LogP contribution is 2.62. The predicted molar refractivity (Wildman–Crippen MR) is 96.0 cm³/mol. The van der Waals surface area contributed by atoms with Crippen LogP contribution in [0.3, 0.4) is 0 Å². The molecule has 1 aliphatic heterocycles. The summed E-state index contributed by atoms with van der Waals surface area (Å²) in [6.07, 6.45) is 1.67. The number of carbonyl (C=O) groups excluding carboxylic acids is 1. The Morgan fingerprint density at radius 1 is 1.29 bits per heavy atom. The lowest BCUT2D eigenvalue weighted by Crippen LogP contribution is -2.57. The second-order valence-electron chi connectivity index (χ2n) is 8.50. The molecule has 0 aromatic heterocycles. The molecule has 1 heterocycles. The van der Waals surface area contributed by atoms with E-state index in [1.807, 2.05) is 30.3 Å². The molecule has 0 bridgehead atoms. The van der Waals surface area contributed by atoms with Crippen molar-refractivity contribution in [1.82, 2.24) is 9.80 Å². The van der Waals surface area contributed by atoms with Gasteiger partial charge in [0.1, 0.15) is 5.75 Å². The van der Waals surface area contributed by atoms with Crippen LogP contribution in [0.2, 0.25) is 0 Å². The fourth-order valence-corrected chi connectivity index (χ4v) is 5.09. The number of amides is 1. The fourth-order valence-electron chi connectivity index (χ4n) is 5.09. The quantitative estimate of drug-likeness (QED) is 0.804. The van der Waals surface area contributed by atoms with Gasteiger partial charge in [0, 0.05) is 25.0 Å². The van der Waals surface area contributed by atoms with Crippen molar-refractivity contribution in [2.75, 3.05) is 40.3 Å². The zero-order valence-corrected chi connectivity index (χ0v) is 15.4. The molecule has 1 saturated carbocycles. The summed E-state index contributed by atoms with van der Waals surface area (Å²) in [6, 6.07) is 9.71. The van der Waals surface area contributed by atoms with Crippen molar-refractivity contribution < 1.29 is 9.53 Å². The fraction of sp³-hybridized carbons (Fsp3) is 0.650. The topological polar surface area (TPSA) is 32.8 Å². The molecule has 0 spiro atoms. The molecule has 1 aromatic rings. The first kappa shape index (κ1) is 17.3. The Bertz CT molecular complexity index is 581. The number of fused-ring (bicyclic) bond motifs is 1. The molecule has 2 aliphatic rings. The van der Waals surface area contributed by atoms with Gasteiger partial charge in [0.05, 0.1) is 13.0 Å². The SMILES string of the molecule is CN(C)C[C@@]12CN(C(=O)CCOc3ccccc3)C[C@@H]1C(C)(C)C2. The highest BCUT2D eigenvalue weighted by molar-refractivity contribution is 5.77. The predicted octanol–water partition coefficient (Wildman–Crippen LogP) is 2.89. The number of hydrogen-bond acceptors (Lipinski definition) is 3. The maximum atomic E-state index is 12.6. The van der Waals surface area contributed by atoms with Crippen molar-refractivity contribution in [2.24, 2.45) is 16.7 Å². The highest BCUT2D eigenvalue weighted by atomic mass is 16.5. The molecule has 1 aromatic carbocycles. The minimum absolute atomic E-state index is 0.231. The van der Waals surface area contributed by atoms with Crippen molar-refractivity contribution in [3.05, 3.63) is 30.3 Å². The largest absolute Gasteiger partial charge is 0.493 e. The molecule has 1 aliphatic carbocycles. The van der Waals surface area contributed by atoms with Gasteiger partial charge in [-0.25, -0.2) is 0 Å². The number of ether oxygens (including phenoxy) is 1. The van der Waals surface area contributed by atoms with Gasteiger partial charge in [-0.2, -0.15) is 0 Å². The van der Waals surface area contributed by atoms with E-state index in [4.69, 9.17) is 4.74 Å². The molecule has 4 nitrogen and oxygen atoms in total. The molecule has 1 amide bonds. The minimum atomic E-state index is 0.231. The maximum absolute atomic E-state index is 12.6. The van der Waals surface area contributed by atoms with Crippen LogP contribution in [-0.2, 0) is 4.79 Å². The maximum Gasteiger partial charge on any atom is 0.226 e. The average Bonchev–Trinajstić information content (AvgIpc) is 2.82. The van der Waals surface area contributed by atoms with E-state index in [1.54, 1.807) is 0 Å². The van der Waals surface area contributed by atoms with E-state index in [0.29, 0.717) is 29.8 Å². The van der Waals surface area contributed by atoms with Gasteiger partial charge in [0.25, 0.3) is 0 Å². The zero-order chi connectivity index (χ0) is 17.4. The molecular weight excluding hydrogens is 300 g/mol. The first-order valence-corrected chi connectivity index (χ1v) is 8.93. The second-order valence-corrected chi connectivity index (χ2v) is 8.50. The van der Waals surface area contributed by atoms with Crippen LogP contribution >= 0.6 is 0 Å². The van der Waals surface area contributed by atoms with Gasteiger partial charge in [-0.05, 0) is 44.0 Å². The Hall–Kier alpha value is -1.55. The summed E-state index contributed by atoms with van der Waals surface area (Å²) in [5, 5.41) is 0. The first-order valence-electron chi connectivity index (χ1n) is 8.93. The number of carbonyl (C=O) groups is 1. The van der Waals surface area contributed by atoms with E-state index in [2.05, 4.69) is 37.7 Å². The summed E-state index contributed by atoms with van der Waals surface area (Å²) in [6.45, 7) is 8.03. The number of para-hydroxylation sites is 1. The molecule has 4 heteroatoms. The van der Waals surface area contributed by atoms with Gasteiger partial charge in [-0.3, -0.25) is 4.79 Å². The van der Waals surface area contributed by atoms with Crippen LogP contribution in [-0.4, -0.2) is 56.0 Å². The Morgan fingerprint density at radius 2 is 2.00 bits per heavy atom. The molecule has 2 fully saturated rings. The summed E-state index contributed by atoms with van der Waals surface area (Å²) < 4.78 is 5.68. The van der Waals surface area contributed by atoms with E-state index in [1.165, 1.54) is 6.42 Å². The molecular formula is C20H30N2O2. The smallest absolute Gasteiger partial charge is 0.226 e. The molecule has 1 saturated heterocycles. The third-order valence-electron chi connectivity index (χ3n) is 5.71. The Balaban J connectivity index is 1.55. The number of benzene rings is 1. The molecule has 0 N–H and O–H groups in total. The van der Waals surface area contributed by atoms with Gasteiger partial charge in [0.2, 0.25) is 5.91 Å². The third-order valence-corrected chi connectivity index (χ3v) is 5.71. The molecule has 3 rings (SSSR count). The summed E-state index contributed by atoms with van der Waals surface area (Å²) in [5.41, 5.74) is 0.647. The van der Waals surface area contributed by atoms with Gasteiger partial charge >= 0.3 is 0 Å². The van der Waals surface area contributed by atoms with E-state index < -0.39 is 0 Å². The van der Waals surface area contributed by atoms with Crippen LogP contribution in [0.15, 0.2) is 30.3 Å². The molecule has 24 heavy (non-hydrogen) atoms. The second kappa shape index (κ2) is 6.40. The van der Waals surface area contributed by atoms with Crippen LogP contribution in [0, 0.1) is 16.7 Å². The number of hydrogen-bond donors (Lipinski definition) is 0. The van der Waals surface area contributed by atoms with Crippen LogP contribution < -0.4 is 4.74 Å². The van der Waals surface area contributed by atoms with Gasteiger partial charge in [-0.15, -0.1) is 0 Å². The van der Waals surface area contributed by atoms with Crippen LogP contribution in [0.5, 0.6) is 5.75 Å². The van der Waals surface area contributed by atoms with E-state index in [-0.39, 0.29) is 5.91 Å². The minimum Gasteiger partial charge on any atom is -0.493 e. The van der Waals surface area contributed by atoms with Crippen molar-refractivity contribution in [3.63, 3.8) is 0 Å². The lowest BCUT2D eigenvalue weighted by molar-refractivity contribution is -0.131. The Morgan fingerprint density at radius 3 is 2.62 bits per heavy atom. The lowest BCUT2D eigenvalue weighted by Gasteiger charge is -2.57. The van der Waals surface area contributed by atoms with E-state index in [9.17, 15) is 4.79 Å². The number of nitrogens with zero attached hydrogens (tertiary/aromatic N) is 2. The summed E-state index contributed by atoms with van der Waals surface area (Å²) in [7, 11) is 4.27. The van der Waals surface area contributed by atoms with Crippen molar-refractivity contribution in [1.29, 1.82) is 0 Å². The normalized spacial score (nSPS) is 27.7. The average molecular weight is 330 g/mol. The van der Waals surface area contributed by atoms with Crippen LogP contribution in [0.4, 0.5) is 0 Å². The molecule has 132 valence electrons. The molecule has 0 unspecified atom stereocenters. The van der Waals surface area contributed by atoms with Gasteiger partial charge in [-0.1, -0.05) is 32.0 Å². The first-order chi connectivity index (χ1) is 11.3. The van der Waals surface area contributed by atoms with Crippen molar-refractivity contribution in [3.8, 4) is 5.75 Å². The summed E-state index contributed by atoms with van der Waals surface area (Å²) >= 11 is 0. The van der Waals surface area contributed by atoms with Crippen molar-refractivity contribution >= 4 is 5.91 Å². The Labute approximate surface area is 145 Å². The van der Waals surface area contributed by atoms with E-state index >= 15 is 0 Å². The van der Waals surface area contributed by atoms with Gasteiger partial charge in [0.15, 0.2) is 0 Å². The van der Waals surface area contributed by atoms with E-state index in [0.717, 1.165) is 25.4 Å². The molecule has 0 radical (unpaired) electrons. The number of likely N-dealkylation sites (tertiary alicyclic amines) is 1. The summed E-state index contributed by atoms with van der Waals surface area (Å²) in [4.78, 5) is 17.0. The van der Waals surface area contributed by atoms with Crippen LogP contribution in [0.1, 0.15) is 26.7 Å². The van der Waals surface area contributed by atoms with Crippen molar-refractivity contribution in [2.45, 2.75) is 26.7 Å². The third kappa shape index (κ3) is 3.30.